The summed E-state index contributed by atoms with van der Waals surface area (Å²) in [5.41, 5.74) is 5.48. The molecular weight excluding hydrogens is 515 g/mol. The smallest absolute Gasteiger partial charge is 0.335 e. The number of nitrogen functional groups attached to an aromatic ring is 1. The second-order valence-corrected chi connectivity index (χ2v) is 12.4. The number of anilines is 1. The Morgan fingerprint density at radius 1 is 1.18 bits per heavy atom. The highest BCUT2D eigenvalue weighted by Crippen LogP contribution is 2.46. The number of aromatic nitrogens is 4. The van der Waals surface area contributed by atoms with E-state index < -0.39 is 43.6 Å². The van der Waals surface area contributed by atoms with Crippen LogP contribution in [0.3, 0.4) is 0 Å². The van der Waals surface area contributed by atoms with Crippen molar-refractivity contribution in [3.8, 4) is 0 Å². The first-order chi connectivity index (χ1) is 17.8. The number of rotatable bonds is 13. The van der Waals surface area contributed by atoms with Gasteiger partial charge in [0.25, 0.3) is 7.52 Å². The van der Waals surface area contributed by atoms with E-state index in [4.69, 9.17) is 24.5 Å². The lowest BCUT2D eigenvalue weighted by atomic mass is 10.1. The van der Waals surface area contributed by atoms with Crippen molar-refractivity contribution in [2.24, 2.45) is 0 Å². The first-order valence-electron chi connectivity index (χ1n) is 12.8. The largest absolute Gasteiger partial charge is 0.461 e. The number of hydrogen-bond acceptors (Lipinski definition) is 11. The third kappa shape index (κ3) is 7.95. The molecule has 1 saturated carbocycles. The first kappa shape index (κ1) is 29.9. The fraction of sp³-hybridized carbons (Fsp3) is 0.708. The van der Waals surface area contributed by atoms with Crippen molar-refractivity contribution in [2.45, 2.75) is 104 Å². The summed E-state index contributed by atoms with van der Waals surface area (Å²) >= 11 is 0. The molecule has 1 aliphatic carbocycles. The number of ether oxygens (including phenoxy) is 3. The van der Waals surface area contributed by atoms with E-state index in [-0.39, 0.29) is 18.0 Å². The standard InChI is InChI=1S/C24H39N6O7P/c1-15(2)35-22(31)17(4)37-38(33,29-24(5,6)23(32)36-18-9-7-8-10-18)14-34-16(3)11-30-13-28-19-20(25)26-12-27-21(19)30/h12-13,15-18H,7-11,14H2,1-6H3,(H,29,33)(H2,25,26,27). The zero-order valence-corrected chi connectivity index (χ0v) is 23.8. The summed E-state index contributed by atoms with van der Waals surface area (Å²) in [4.78, 5) is 37.7. The molecule has 13 nitrogen and oxygen atoms in total. The van der Waals surface area contributed by atoms with Gasteiger partial charge in [0.05, 0.1) is 25.1 Å². The topological polar surface area (TPSA) is 170 Å². The zero-order chi connectivity index (χ0) is 28.1. The molecule has 1 aliphatic rings. The minimum atomic E-state index is -3.94. The van der Waals surface area contributed by atoms with Crippen LogP contribution in [-0.2, 0) is 39.4 Å². The number of nitrogens with zero attached hydrogens (tertiary/aromatic N) is 4. The SMILES string of the molecule is CC(C)OC(=O)C(C)OP(=O)(COC(C)Cn1cnc2c(N)ncnc21)NC(C)(C)C(=O)OC1CCCC1. The Morgan fingerprint density at radius 3 is 2.53 bits per heavy atom. The van der Waals surface area contributed by atoms with Crippen LogP contribution >= 0.6 is 7.52 Å². The van der Waals surface area contributed by atoms with Crippen LogP contribution in [0, 0.1) is 0 Å². The van der Waals surface area contributed by atoms with Gasteiger partial charge in [0.1, 0.15) is 29.8 Å². The molecule has 3 atom stereocenters. The van der Waals surface area contributed by atoms with Gasteiger partial charge in [-0.25, -0.2) is 24.8 Å². The fourth-order valence-electron chi connectivity index (χ4n) is 4.08. The van der Waals surface area contributed by atoms with Crippen LogP contribution in [0.4, 0.5) is 5.82 Å². The van der Waals surface area contributed by atoms with Gasteiger partial charge in [0.15, 0.2) is 17.6 Å². The predicted octanol–water partition coefficient (Wildman–Crippen LogP) is 3.17. The second-order valence-electron chi connectivity index (χ2n) is 10.4. The van der Waals surface area contributed by atoms with Gasteiger partial charge in [-0.15, -0.1) is 0 Å². The minimum absolute atomic E-state index is 0.164. The highest BCUT2D eigenvalue weighted by atomic mass is 31.2. The number of imidazole rings is 1. The summed E-state index contributed by atoms with van der Waals surface area (Å²) in [6, 6.07) is 0. The van der Waals surface area contributed by atoms with Crippen molar-refractivity contribution in [2.75, 3.05) is 12.1 Å². The van der Waals surface area contributed by atoms with Crippen LogP contribution in [-0.4, -0.2) is 67.8 Å². The number of carbonyl (C=O) groups is 2. The predicted molar refractivity (Wildman–Crippen MR) is 140 cm³/mol. The third-order valence-corrected chi connectivity index (χ3v) is 8.01. The molecule has 0 amide bonds. The van der Waals surface area contributed by atoms with Gasteiger partial charge in [0.2, 0.25) is 0 Å². The lowest BCUT2D eigenvalue weighted by Gasteiger charge is -2.32. The summed E-state index contributed by atoms with van der Waals surface area (Å²) in [5.74, 6) is -0.970. The Morgan fingerprint density at radius 2 is 1.87 bits per heavy atom. The van der Waals surface area contributed by atoms with Gasteiger partial charge < -0.3 is 29.0 Å². The summed E-state index contributed by atoms with van der Waals surface area (Å²) < 4.78 is 38.2. The van der Waals surface area contributed by atoms with E-state index >= 15 is 0 Å². The van der Waals surface area contributed by atoms with Crippen molar-refractivity contribution in [1.82, 2.24) is 24.6 Å². The highest BCUT2D eigenvalue weighted by Gasteiger charge is 2.41. The van der Waals surface area contributed by atoms with Crippen LogP contribution in [0.1, 0.15) is 67.2 Å². The number of nitrogens with one attached hydrogen (secondary N) is 1. The maximum Gasteiger partial charge on any atom is 0.335 e. The van der Waals surface area contributed by atoms with Crippen molar-refractivity contribution in [3.05, 3.63) is 12.7 Å². The normalized spacial score (nSPS) is 17.9. The molecule has 0 saturated heterocycles. The van der Waals surface area contributed by atoms with Crippen LogP contribution < -0.4 is 10.8 Å². The highest BCUT2D eigenvalue weighted by molar-refractivity contribution is 7.56. The summed E-state index contributed by atoms with van der Waals surface area (Å²) in [6.07, 6.45) is 3.90. The maximum absolute atomic E-state index is 14.0. The van der Waals surface area contributed by atoms with E-state index in [0.717, 1.165) is 25.7 Å². The summed E-state index contributed by atoms with van der Waals surface area (Å²) in [6.45, 7) is 10.0. The molecule has 0 radical (unpaired) electrons. The van der Waals surface area contributed by atoms with Crippen LogP contribution in [0.25, 0.3) is 11.2 Å². The van der Waals surface area contributed by atoms with Gasteiger partial charge in [-0.2, -0.15) is 0 Å². The Balaban J connectivity index is 1.72. The van der Waals surface area contributed by atoms with Crippen molar-refractivity contribution >= 4 is 36.4 Å². The average molecular weight is 555 g/mol. The van der Waals surface area contributed by atoms with E-state index in [9.17, 15) is 14.2 Å². The molecule has 14 heteroatoms. The monoisotopic (exact) mass is 554 g/mol. The minimum Gasteiger partial charge on any atom is -0.461 e. The number of hydrogen-bond donors (Lipinski definition) is 2. The molecule has 2 aromatic rings. The molecule has 212 valence electrons. The van der Waals surface area contributed by atoms with Crippen molar-refractivity contribution in [3.63, 3.8) is 0 Å². The Hall–Kier alpha value is -2.60. The molecule has 3 rings (SSSR count). The molecular formula is C24H39N6O7P. The quantitative estimate of drug-likeness (QED) is 0.274. The maximum atomic E-state index is 14.0. The molecule has 2 aromatic heterocycles. The number of nitrogens with two attached hydrogens (primary N) is 1. The van der Waals surface area contributed by atoms with E-state index in [1.165, 1.54) is 13.3 Å². The van der Waals surface area contributed by atoms with Crippen LogP contribution in [0.2, 0.25) is 0 Å². The first-order valence-corrected chi connectivity index (χ1v) is 14.6. The van der Waals surface area contributed by atoms with Crippen molar-refractivity contribution < 1.29 is 32.9 Å². The molecule has 3 unspecified atom stereocenters. The fourth-order valence-corrected chi connectivity index (χ4v) is 6.25. The van der Waals surface area contributed by atoms with E-state index in [1.54, 1.807) is 45.5 Å². The molecule has 38 heavy (non-hydrogen) atoms. The van der Waals surface area contributed by atoms with E-state index in [0.29, 0.717) is 17.7 Å². The van der Waals surface area contributed by atoms with E-state index in [2.05, 4.69) is 20.0 Å². The number of fused-ring (bicyclic) bond motifs is 1. The van der Waals surface area contributed by atoms with Gasteiger partial charge in [-0.05, 0) is 67.2 Å². The van der Waals surface area contributed by atoms with Crippen LogP contribution in [0.5, 0.6) is 0 Å². The molecule has 0 aliphatic heterocycles. The molecule has 1 fully saturated rings. The Kier molecular flexibility index (Phi) is 9.85. The number of esters is 2. The van der Waals surface area contributed by atoms with Gasteiger partial charge in [-0.3, -0.25) is 9.36 Å². The number of carbonyl (C=O) groups excluding carboxylic acids is 2. The van der Waals surface area contributed by atoms with Gasteiger partial charge in [0, 0.05) is 0 Å². The zero-order valence-electron chi connectivity index (χ0n) is 22.9. The lowest BCUT2D eigenvalue weighted by molar-refractivity contribution is -0.155. The van der Waals surface area contributed by atoms with Gasteiger partial charge in [-0.1, -0.05) is 0 Å². The lowest BCUT2D eigenvalue weighted by Crippen LogP contribution is -2.48. The third-order valence-electron chi connectivity index (χ3n) is 5.96. The van der Waals surface area contributed by atoms with Crippen molar-refractivity contribution in [1.29, 1.82) is 0 Å². The Labute approximate surface area is 222 Å². The average Bonchev–Trinajstić information content (AvgIpc) is 3.48. The molecule has 0 spiro atoms. The van der Waals surface area contributed by atoms with E-state index in [1.807, 2.05) is 0 Å². The summed E-state index contributed by atoms with van der Waals surface area (Å²) in [5, 5.41) is 2.80. The van der Waals surface area contributed by atoms with Crippen LogP contribution in [0.15, 0.2) is 12.7 Å². The second kappa shape index (κ2) is 12.5. The summed E-state index contributed by atoms with van der Waals surface area (Å²) in [7, 11) is -3.94. The molecule has 2 heterocycles. The molecule has 3 N–H and O–H groups in total. The Bertz CT molecular complexity index is 1160. The molecule has 0 aromatic carbocycles. The van der Waals surface area contributed by atoms with Gasteiger partial charge >= 0.3 is 11.9 Å². The molecule has 0 bridgehead atoms.